The van der Waals surface area contributed by atoms with E-state index in [-0.39, 0.29) is 11.2 Å². The molecule has 94 valence electrons. The van der Waals surface area contributed by atoms with Crippen LogP contribution in [0.4, 0.5) is 4.39 Å². The smallest absolute Gasteiger partial charge is 0.126 e. The van der Waals surface area contributed by atoms with Crippen LogP contribution in [0.15, 0.2) is 18.2 Å². The summed E-state index contributed by atoms with van der Waals surface area (Å²) in [6.07, 6.45) is 3.45. The zero-order valence-corrected chi connectivity index (χ0v) is 11.0. The molecule has 1 aromatic carbocycles. The predicted octanol–water partition coefficient (Wildman–Crippen LogP) is 3.55. The summed E-state index contributed by atoms with van der Waals surface area (Å²) >= 11 is 0. The Balaban J connectivity index is 2.18. The Bertz CT molecular complexity index is 402. The zero-order valence-electron chi connectivity index (χ0n) is 11.0. The van der Waals surface area contributed by atoms with E-state index in [2.05, 4.69) is 25.2 Å². The first-order valence-electron chi connectivity index (χ1n) is 6.55. The lowest BCUT2D eigenvalue weighted by atomic mass is 9.80. The fourth-order valence-electron chi connectivity index (χ4n) is 2.93. The molecule has 0 aromatic heterocycles. The van der Waals surface area contributed by atoms with E-state index in [1.54, 1.807) is 6.07 Å². The molecule has 1 aliphatic rings. The van der Waals surface area contributed by atoms with Crippen LogP contribution in [0.5, 0.6) is 0 Å². The number of hydrogen-bond acceptors (Lipinski definition) is 1. The third kappa shape index (κ3) is 2.52. The lowest BCUT2D eigenvalue weighted by Crippen LogP contribution is -2.28. The third-order valence-electron chi connectivity index (χ3n) is 4.10. The Morgan fingerprint density at radius 3 is 2.88 bits per heavy atom. The van der Waals surface area contributed by atoms with Gasteiger partial charge in [0.25, 0.3) is 0 Å². The van der Waals surface area contributed by atoms with Crippen molar-refractivity contribution >= 4 is 0 Å². The van der Waals surface area contributed by atoms with Crippen LogP contribution in [-0.2, 0) is 5.41 Å². The first kappa shape index (κ1) is 12.6. The number of aryl methyl sites for hydroxylation is 1. The topological polar surface area (TPSA) is 12.0 Å². The van der Waals surface area contributed by atoms with Crippen molar-refractivity contribution in [3.63, 3.8) is 0 Å². The fraction of sp³-hybridized carbons (Fsp3) is 0.600. The Morgan fingerprint density at radius 2 is 2.24 bits per heavy atom. The van der Waals surface area contributed by atoms with Crippen LogP contribution in [0.3, 0.4) is 0 Å². The maximum absolute atomic E-state index is 13.6. The minimum atomic E-state index is -0.0735. The van der Waals surface area contributed by atoms with Crippen molar-refractivity contribution in [1.82, 2.24) is 5.32 Å². The molecule has 2 rings (SSSR count). The van der Waals surface area contributed by atoms with Gasteiger partial charge in [-0.25, -0.2) is 4.39 Å². The summed E-state index contributed by atoms with van der Waals surface area (Å²) in [6, 6.07) is 6.31. The molecule has 2 heteroatoms. The molecule has 1 nitrogen and oxygen atoms in total. The summed E-state index contributed by atoms with van der Waals surface area (Å²) in [5, 5.41) is 3.50. The molecule has 1 fully saturated rings. The maximum Gasteiger partial charge on any atom is 0.126 e. The van der Waals surface area contributed by atoms with Crippen LogP contribution < -0.4 is 5.32 Å². The molecular weight excluding hydrogens is 213 g/mol. The standard InChI is InChI=1S/C15H22FN/c1-4-17-13-7-8-15(3,10-13)12-6-5-11(2)14(16)9-12/h5-6,9,13,17H,4,7-8,10H2,1-3H3. The molecule has 0 amide bonds. The van der Waals surface area contributed by atoms with E-state index >= 15 is 0 Å². The molecule has 17 heavy (non-hydrogen) atoms. The van der Waals surface area contributed by atoms with Crippen molar-refractivity contribution in [2.24, 2.45) is 0 Å². The van der Waals surface area contributed by atoms with E-state index in [4.69, 9.17) is 0 Å². The summed E-state index contributed by atoms with van der Waals surface area (Å²) in [5.74, 6) is -0.0735. The van der Waals surface area contributed by atoms with Gasteiger partial charge < -0.3 is 5.32 Å². The maximum atomic E-state index is 13.6. The summed E-state index contributed by atoms with van der Waals surface area (Å²) in [6.45, 7) is 7.23. The van der Waals surface area contributed by atoms with Gasteiger partial charge in [0.05, 0.1) is 0 Å². The lowest BCUT2D eigenvalue weighted by Gasteiger charge is -2.25. The molecule has 2 unspecified atom stereocenters. The van der Waals surface area contributed by atoms with Crippen LogP contribution in [-0.4, -0.2) is 12.6 Å². The van der Waals surface area contributed by atoms with Crippen molar-refractivity contribution in [3.8, 4) is 0 Å². The molecule has 1 aliphatic carbocycles. The SMILES string of the molecule is CCNC1CCC(C)(c2ccc(C)c(F)c2)C1. The van der Waals surface area contributed by atoms with Crippen LogP contribution in [0.25, 0.3) is 0 Å². The quantitative estimate of drug-likeness (QED) is 0.844. The van der Waals surface area contributed by atoms with Crippen LogP contribution in [0, 0.1) is 12.7 Å². The van der Waals surface area contributed by atoms with E-state index < -0.39 is 0 Å². The highest BCUT2D eigenvalue weighted by Gasteiger charge is 2.36. The lowest BCUT2D eigenvalue weighted by molar-refractivity contribution is 0.454. The van der Waals surface area contributed by atoms with E-state index in [0.29, 0.717) is 6.04 Å². The van der Waals surface area contributed by atoms with E-state index in [9.17, 15) is 4.39 Å². The Hall–Kier alpha value is -0.890. The number of nitrogens with one attached hydrogen (secondary N) is 1. The number of rotatable bonds is 3. The van der Waals surface area contributed by atoms with E-state index in [1.807, 2.05) is 13.0 Å². The Kier molecular flexibility index (Phi) is 3.53. The number of benzene rings is 1. The zero-order chi connectivity index (χ0) is 12.5. The van der Waals surface area contributed by atoms with Crippen LogP contribution >= 0.6 is 0 Å². The highest BCUT2D eigenvalue weighted by atomic mass is 19.1. The summed E-state index contributed by atoms with van der Waals surface area (Å²) in [4.78, 5) is 0. The first-order chi connectivity index (χ1) is 8.05. The normalized spacial score (nSPS) is 28.6. The Morgan fingerprint density at radius 1 is 1.47 bits per heavy atom. The first-order valence-corrected chi connectivity index (χ1v) is 6.55. The van der Waals surface area contributed by atoms with Gasteiger partial charge in [0.15, 0.2) is 0 Å². The molecule has 0 heterocycles. The predicted molar refractivity (Wildman–Crippen MR) is 69.8 cm³/mol. The van der Waals surface area contributed by atoms with Crippen LogP contribution in [0.2, 0.25) is 0 Å². The summed E-state index contributed by atoms with van der Waals surface area (Å²) in [5.41, 5.74) is 2.03. The van der Waals surface area contributed by atoms with Gasteiger partial charge in [-0.1, -0.05) is 26.0 Å². The number of halogens is 1. The average Bonchev–Trinajstić information content (AvgIpc) is 2.66. The Labute approximate surface area is 103 Å². The minimum absolute atomic E-state index is 0.0735. The van der Waals surface area contributed by atoms with Crippen LogP contribution in [0.1, 0.15) is 44.2 Å². The molecule has 0 aliphatic heterocycles. The molecule has 0 spiro atoms. The van der Waals surface area contributed by atoms with Gasteiger partial charge in [-0.15, -0.1) is 0 Å². The van der Waals surface area contributed by atoms with Gasteiger partial charge in [-0.2, -0.15) is 0 Å². The molecule has 0 bridgehead atoms. The average molecular weight is 235 g/mol. The molecule has 0 radical (unpaired) electrons. The largest absolute Gasteiger partial charge is 0.314 e. The highest BCUT2D eigenvalue weighted by molar-refractivity contribution is 5.30. The van der Waals surface area contributed by atoms with Gasteiger partial charge in [-0.05, 0) is 55.3 Å². The molecule has 1 saturated carbocycles. The number of hydrogen-bond donors (Lipinski definition) is 1. The summed E-state index contributed by atoms with van der Waals surface area (Å²) < 4.78 is 13.6. The van der Waals surface area contributed by atoms with Crippen molar-refractivity contribution in [1.29, 1.82) is 0 Å². The van der Waals surface area contributed by atoms with Crippen molar-refractivity contribution in [3.05, 3.63) is 35.1 Å². The van der Waals surface area contributed by atoms with E-state index in [0.717, 1.165) is 30.5 Å². The second-order valence-corrected chi connectivity index (χ2v) is 5.52. The van der Waals surface area contributed by atoms with Gasteiger partial charge in [0.1, 0.15) is 5.82 Å². The van der Waals surface area contributed by atoms with Gasteiger partial charge in [0, 0.05) is 6.04 Å². The molecule has 2 atom stereocenters. The molecule has 1 N–H and O–H groups in total. The summed E-state index contributed by atoms with van der Waals surface area (Å²) in [7, 11) is 0. The minimum Gasteiger partial charge on any atom is -0.314 e. The molecule has 1 aromatic rings. The second-order valence-electron chi connectivity index (χ2n) is 5.52. The highest BCUT2D eigenvalue weighted by Crippen LogP contribution is 2.41. The van der Waals surface area contributed by atoms with Crippen molar-refractivity contribution in [2.75, 3.05) is 6.54 Å². The van der Waals surface area contributed by atoms with Gasteiger partial charge in [0.2, 0.25) is 0 Å². The molecule has 0 saturated heterocycles. The monoisotopic (exact) mass is 235 g/mol. The molecular formula is C15H22FN. The van der Waals surface area contributed by atoms with E-state index in [1.165, 1.54) is 6.42 Å². The third-order valence-corrected chi connectivity index (χ3v) is 4.10. The van der Waals surface area contributed by atoms with Crippen molar-refractivity contribution < 1.29 is 4.39 Å². The fourth-order valence-corrected chi connectivity index (χ4v) is 2.93. The second kappa shape index (κ2) is 4.77. The van der Waals surface area contributed by atoms with Gasteiger partial charge in [-0.3, -0.25) is 0 Å². The van der Waals surface area contributed by atoms with Crippen molar-refractivity contribution in [2.45, 2.75) is 51.5 Å². The van der Waals surface area contributed by atoms with Gasteiger partial charge >= 0.3 is 0 Å².